The van der Waals surface area contributed by atoms with Gasteiger partial charge >= 0.3 is 12.0 Å². The van der Waals surface area contributed by atoms with Gasteiger partial charge in [0.05, 0.1) is 6.42 Å². The van der Waals surface area contributed by atoms with Crippen molar-refractivity contribution in [2.75, 3.05) is 6.61 Å². The molecule has 2 aliphatic rings. The SMILES string of the molecule is CC1CCC2(CC1)NC(=O)N(NC(=O)COC(=O)Cc1cccc3ccccc13)C2=O. The van der Waals surface area contributed by atoms with E-state index in [4.69, 9.17) is 4.74 Å². The Morgan fingerprint density at radius 2 is 1.84 bits per heavy atom. The maximum Gasteiger partial charge on any atom is 0.344 e. The number of carbonyl (C=O) groups is 4. The minimum absolute atomic E-state index is 0.0130. The third kappa shape index (κ3) is 4.23. The number of rotatable bonds is 5. The summed E-state index contributed by atoms with van der Waals surface area (Å²) in [4.78, 5) is 49.5. The monoisotopic (exact) mass is 423 g/mol. The lowest BCUT2D eigenvalue weighted by Gasteiger charge is -2.33. The molecule has 0 bridgehead atoms. The molecule has 0 unspecified atom stereocenters. The molecule has 1 heterocycles. The van der Waals surface area contributed by atoms with E-state index in [9.17, 15) is 19.2 Å². The number of benzene rings is 2. The van der Waals surface area contributed by atoms with E-state index in [0.717, 1.165) is 29.2 Å². The van der Waals surface area contributed by atoms with Gasteiger partial charge in [-0.1, -0.05) is 49.4 Å². The largest absolute Gasteiger partial charge is 0.455 e. The molecule has 4 rings (SSSR count). The molecule has 1 aliphatic heterocycles. The number of ether oxygens (including phenoxy) is 1. The number of amides is 4. The highest BCUT2D eigenvalue weighted by Crippen LogP contribution is 2.35. The third-order valence-corrected chi connectivity index (χ3v) is 6.11. The second-order valence-electron chi connectivity index (χ2n) is 8.35. The molecule has 8 nitrogen and oxygen atoms in total. The topological polar surface area (TPSA) is 105 Å². The lowest BCUT2D eigenvalue weighted by molar-refractivity contribution is -0.150. The Balaban J connectivity index is 1.31. The number of carbonyl (C=O) groups excluding carboxylic acids is 4. The molecule has 1 saturated carbocycles. The number of nitrogens with zero attached hydrogens (tertiary/aromatic N) is 1. The second kappa shape index (κ2) is 8.37. The molecular formula is C23H25N3O5. The van der Waals surface area contributed by atoms with Crippen LogP contribution in [0.15, 0.2) is 42.5 Å². The van der Waals surface area contributed by atoms with Crippen LogP contribution in [-0.2, 0) is 25.5 Å². The lowest BCUT2D eigenvalue weighted by atomic mass is 9.77. The molecule has 2 fully saturated rings. The first kappa shape index (κ1) is 20.8. The van der Waals surface area contributed by atoms with Crippen LogP contribution in [0.25, 0.3) is 10.8 Å². The summed E-state index contributed by atoms with van der Waals surface area (Å²) in [5, 5.41) is 5.38. The Bertz CT molecular complexity index is 1040. The van der Waals surface area contributed by atoms with Gasteiger partial charge in [0.2, 0.25) is 0 Å². The maximum absolute atomic E-state index is 12.8. The van der Waals surface area contributed by atoms with Crippen LogP contribution in [-0.4, -0.2) is 41.0 Å². The van der Waals surface area contributed by atoms with Crippen LogP contribution in [0.2, 0.25) is 0 Å². The Kier molecular flexibility index (Phi) is 5.63. The average molecular weight is 423 g/mol. The average Bonchev–Trinajstić information content (AvgIpc) is 2.99. The second-order valence-corrected chi connectivity index (χ2v) is 8.35. The van der Waals surface area contributed by atoms with Crippen molar-refractivity contribution >= 4 is 34.6 Å². The summed E-state index contributed by atoms with van der Waals surface area (Å²) in [6.45, 7) is 1.53. The lowest BCUT2D eigenvalue weighted by Crippen LogP contribution is -2.52. The highest BCUT2D eigenvalue weighted by Gasteiger charge is 2.52. The number of hydrogen-bond acceptors (Lipinski definition) is 5. The molecular weight excluding hydrogens is 398 g/mol. The van der Waals surface area contributed by atoms with Gasteiger partial charge in [0.1, 0.15) is 5.54 Å². The van der Waals surface area contributed by atoms with Gasteiger partial charge in [0.25, 0.3) is 11.8 Å². The Morgan fingerprint density at radius 3 is 2.61 bits per heavy atom. The normalized spacial score (nSPS) is 23.1. The number of imide groups is 1. The third-order valence-electron chi connectivity index (χ3n) is 6.11. The van der Waals surface area contributed by atoms with Gasteiger partial charge in [-0.05, 0) is 47.9 Å². The van der Waals surface area contributed by atoms with Crippen molar-refractivity contribution < 1.29 is 23.9 Å². The Morgan fingerprint density at radius 1 is 1.13 bits per heavy atom. The molecule has 31 heavy (non-hydrogen) atoms. The Labute approximate surface area is 179 Å². The fourth-order valence-electron chi connectivity index (χ4n) is 4.27. The van der Waals surface area contributed by atoms with Gasteiger partial charge in [-0.2, -0.15) is 5.01 Å². The van der Waals surface area contributed by atoms with Gasteiger partial charge in [0.15, 0.2) is 6.61 Å². The molecule has 0 radical (unpaired) electrons. The first-order valence-corrected chi connectivity index (χ1v) is 10.5. The van der Waals surface area contributed by atoms with E-state index in [1.807, 2.05) is 42.5 Å². The van der Waals surface area contributed by atoms with Crippen LogP contribution in [0.1, 0.15) is 38.2 Å². The molecule has 4 amide bonds. The first-order chi connectivity index (χ1) is 14.9. The van der Waals surface area contributed by atoms with E-state index in [1.165, 1.54) is 0 Å². The summed E-state index contributed by atoms with van der Waals surface area (Å²) in [6, 6.07) is 12.7. The van der Waals surface area contributed by atoms with E-state index >= 15 is 0 Å². The van der Waals surface area contributed by atoms with Crippen molar-refractivity contribution in [3.63, 3.8) is 0 Å². The molecule has 2 N–H and O–H groups in total. The van der Waals surface area contributed by atoms with Crippen LogP contribution in [0.4, 0.5) is 4.79 Å². The molecule has 1 saturated heterocycles. The van der Waals surface area contributed by atoms with Gasteiger partial charge in [0, 0.05) is 0 Å². The van der Waals surface area contributed by atoms with Crippen molar-refractivity contribution in [1.82, 2.24) is 15.8 Å². The first-order valence-electron chi connectivity index (χ1n) is 10.5. The summed E-state index contributed by atoms with van der Waals surface area (Å²) in [5.74, 6) is -1.27. The quantitative estimate of drug-likeness (QED) is 0.568. The van der Waals surface area contributed by atoms with Crippen molar-refractivity contribution in [2.24, 2.45) is 5.92 Å². The number of hydrogen-bond donors (Lipinski definition) is 2. The van der Waals surface area contributed by atoms with Crippen LogP contribution < -0.4 is 10.7 Å². The fourth-order valence-corrected chi connectivity index (χ4v) is 4.27. The molecule has 0 atom stereocenters. The maximum atomic E-state index is 12.8. The van der Waals surface area contributed by atoms with Gasteiger partial charge < -0.3 is 10.1 Å². The predicted molar refractivity (Wildman–Crippen MR) is 112 cm³/mol. The van der Waals surface area contributed by atoms with Crippen LogP contribution in [0.3, 0.4) is 0 Å². The van der Waals surface area contributed by atoms with Crippen LogP contribution in [0, 0.1) is 5.92 Å². The fraction of sp³-hybridized carbons (Fsp3) is 0.391. The molecule has 1 spiro atoms. The van der Waals surface area contributed by atoms with Gasteiger partial charge in [-0.15, -0.1) is 0 Å². The van der Waals surface area contributed by atoms with Crippen molar-refractivity contribution in [2.45, 2.75) is 44.6 Å². The van der Waals surface area contributed by atoms with Gasteiger partial charge in [-0.3, -0.25) is 19.8 Å². The molecule has 162 valence electrons. The summed E-state index contributed by atoms with van der Waals surface area (Å²) >= 11 is 0. The molecule has 8 heteroatoms. The van der Waals surface area contributed by atoms with E-state index in [0.29, 0.717) is 23.8 Å². The zero-order valence-electron chi connectivity index (χ0n) is 17.3. The zero-order chi connectivity index (χ0) is 22.0. The number of nitrogens with one attached hydrogen (secondary N) is 2. The summed E-state index contributed by atoms with van der Waals surface area (Å²) in [6.07, 6.45) is 2.77. The number of esters is 1. The van der Waals surface area contributed by atoms with Crippen molar-refractivity contribution in [3.05, 3.63) is 48.0 Å². The standard InChI is InChI=1S/C23H25N3O5/c1-15-9-11-23(12-10-15)21(29)26(22(30)24-23)25-19(27)14-31-20(28)13-17-7-4-6-16-5-2-3-8-18(16)17/h2-8,15H,9-14H2,1H3,(H,24,30)(H,25,27). The molecule has 1 aliphatic carbocycles. The number of fused-ring (bicyclic) bond motifs is 1. The van der Waals surface area contributed by atoms with Gasteiger partial charge in [-0.25, -0.2) is 4.79 Å². The van der Waals surface area contributed by atoms with E-state index in [2.05, 4.69) is 17.7 Å². The Hall–Kier alpha value is -3.42. The van der Waals surface area contributed by atoms with Crippen LogP contribution >= 0.6 is 0 Å². The molecule has 2 aromatic carbocycles. The number of urea groups is 1. The summed E-state index contributed by atoms with van der Waals surface area (Å²) in [7, 11) is 0. The minimum atomic E-state index is -0.943. The van der Waals surface area contributed by atoms with Crippen molar-refractivity contribution in [3.8, 4) is 0 Å². The minimum Gasteiger partial charge on any atom is -0.455 e. The van der Waals surface area contributed by atoms with E-state index in [1.54, 1.807) is 0 Å². The highest BCUT2D eigenvalue weighted by molar-refractivity contribution is 6.08. The van der Waals surface area contributed by atoms with Crippen molar-refractivity contribution in [1.29, 1.82) is 0 Å². The van der Waals surface area contributed by atoms with E-state index < -0.39 is 36.0 Å². The number of hydrazine groups is 1. The smallest absolute Gasteiger partial charge is 0.344 e. The van der Waals surface area contributed by atoms with E-state index in [-0.39, 0.29) is 6.42 Å². The predicted octanol–water partition coefficient (Wildman–Crippen LogP) is 2.46. The zero-order valence-corrected chi connectivity index (χ0v) is 17.3. The summed E-state index contributed by atoms with van der Waals surface area (Å²) < 4.78 is 5.07. The van der Waals surface area contributed by atoms with Crippen LogP contribution in [0.5, 0.6) is 0 Å². The molecule has 0 aromatic heterocycles. The molecule has 2 aromatic rings. The highest BCUT2D eigenvalue weighted by atomic mass is 16.5. The summed E-state index contributed by atoms with van der Waals surface area (Å²) in [5.41, 5.74) is 2.12.